The Morgan fingerprint density at radius 3 is 2.85 bits per heavy atom. The highest BCUT2D eigenvalue weighted by Gasteiger charge is 2.28. The Hall–Kier alpha value is -2.95. The van der Waals surface area contributed by atoms with Crippen molar-refractivity contribution in [1.82, 2.24) is 14.9 Å². The molecule has 1 amide bonds. The molecule has 2 aromatic heterocycles. The first kappa shape index (κ1) is 17.5. The Labute approximate surface area is 158 Å². The van der Waals surface area contributed by atoms with Crippen molar-refractivity contribution in [2.45, 2.75) is 38.1 Å². The van der Waals surface area contributed by atoms with E-state index in [4.69, 9.17) is 0 Å². The van der Waals surface area contributed by atoms with Crippen molar-refractivity contribution in [3.05, 3.63) is 76.3 Å². The molecule has 1 aromatic carbocycles. The number of aryl methyl sites for hydroxylation is 1. The van der Waals surface area contributed by atoms with Crippen LogP contribution in [0.2, 0.25) is 0 Å². The number of H-pyrrole nitrogens is 1. The van der Waals surface area contributed by atoms with Gasteiger partial charge in [0.2, 0.25) is 5.56 Å². The van der Waals surface area contributed by atoms with Crippen LogP contribution in [0.25, 0.3) is 10.9 Å². The molecule has 3 aromatic rings. The minimum absolute atomic E-state index is 0.0389. The molecular weight excluding hydrogens is 338 g/mol. The largest absolute Gasteiger partial charge is 0.336 e. The highest BCUT2D eigenvalue weighted by molar-refractivity contribution is 6.06. The third kappa shape index (κ3) is 3.77. The van der Waals surface area contributed by atoms with Crippen molar-refractivity contribution < 1.29 is 4.79 Å². The number of nitrogens with zero attached hydrogens (tertiary/aromatic N) is 2. The average Bonchev–Trinajstić information content (AvgIpc) is 2.72. The zero-order chi connectivity index (χ0) is 18.6. The van der Waals surface area contributed by atoms with Gasteiger partial charge in [-0.2, -0.15) is 0 Å². The van der Waals surface area contributed by atoms with Crippen LogP contribution in [0.15, 0.2) is 59.5 Å². The highest BCUT2D eigenvalue weighted by Crippen LogP contribution is 2.25. The molecule has 1 unspecified atom stereocenters. The number of hydrogen-bond acceptors (Lipinski definition) is 3. The first-order valence-corrected chi connectivity index (χ1v) is 9.55. The van der Waals surface area contributed by atoms with Crippen molar-refractivity contribution in [3.8, 4) is 0 Å². The van der Waals surface area contributed by atoms with E-state index in [1.165, 1.54) is 6.07 Å². The second kappa shape index (κ2) is 7.74. The lowest BCUT2D eigenvalue weighted by Crippen LogP contribution is -2.44. The molecule has 1 aliphatic rings. The van der Waals surface area contributed by atoms with Gasteiger partial charge in [0, 0.05) is 41.4 Å². The van der Waals surface area contributed by atoms with Gasteiger partial charge < -0.3 is 9.88 Å². The van der Waals surface area contributed by atoms with Crippen LogP contribution in [0.5, 0.6) is 0 Å². The van der Waals surface area contributed by atoms with Gasteiger partial charge >= 0.3 is 0 Å². The van der Waals surface area contributed by atoms with Gasteiger partial charge in [-0.05, 0) is 50.3 Å². The summed E-state index contributed by atoms with van der Waals surface area (Å²) in [5.41, 5.74) is 2.02. The van der Waals surface area contributed by atoms with Crippen molar-refractivity contribution in [1.29, 1.82) is 0 Å². The van der Waals surface area contributed by atoms with Gasteiger partial charge in [0.05, 0.1) is 5.56 Å². The van der Waals surface area contributed by atoms with E-state index < -0.39 is 0 Å². The van der Waals surface area contributed by atoms with Crippen LogP contribution in [-0.2, 0) is 6.42 Å². The van der Waals surface area contributed by atoms with Gasteiger partial charge in [-0.3, -0.25) is 14.6 Å². The number of pyridine rings is 2. The SMILES string of the molecule is O=C(c1cc(=O)[nH]c2ccccc12)N1CCCCC1CCc1ccccn1. The number of carbonyl (C=O) groups is 1. The number of nitrogens with one attached hydrogen (secondary N) is 1. The number of amides is 1. The van der Waals surface area contributed by atoms with Gasteiger partial charge in [0.1, 0.15) is 0 Å². The van der Waals surface area contributed by atoms with Gasteiger partial charge in [-0.25, -0.2) is 0 Å². The van der Waals surface area contributed by atoms with Crippen molar-refractivity contribution in [2.24, 2.45) is 0 Å². The normalized spacial score (nSPS) is 17.2. The number of hydrogen-bond donors (Lipinski definition) is 1. The fraction of sp³-hybridized carbons (Fsp3) is 0.318. The van der Waals surface area contributed by atoms with Gasteiger partial charge in [-0.1, -0.05) is 24.3 Å². The molecule has 3 heterocycles. The van der Waals surface area contributed by atoms with E-state index in [1.54, 1.807) is 0 Å². The average molecular weight is 361 g/mol. The molecular formula is C22H23N3O2. The molecule has 0 bridgehead atoms. The van der Waals surface area contributed by atoms with Gasteiger partial charge in [-0.15, -0.1) is 0 Å². The van der Waals surface area contributed by atoms with E-state index in [2.05, 4.69) is 9.97 Å². The van der Waals surface area contributed by atoms with Crippen molar-refractivity contribution in [3.63, 3.8) is 0 Å². The summed E-state index contributed by atoms with van der Waals surface area (Å²) in [6, 6.07) is 15.1. The lowest BCUT2D eigenvalue weighted by atomic mass is 9.95. The fourth-order valence-electron chi connectivity index (χ4n) is 3.96. The Morgan fingerprint density at radius 2 is 2.00 bits per heavy atom. The van der Waals surface area contributed by atoms with Crippen LogP contribution >= 0.6 is 0 Å². The predicted octanol–water partition coefficient (Wildman–Crippen LogP) is 3.55. The van der Waals surface area contributed by atoms with Crippen LogP contribution < -0.4 is 5.56 Å². The van der Waals surface area contributed by atoms with Gasteiger partial charge in [0.15, 0.2) is 0 Å². The third-order valence-electron chi connectivity index (χ3n) is 5.33. The first-order valence-electron chi connectivity index (χ1n) is 9.55. The lowest BCUT2D eigenvalue weighted by Gasteiger charge is -2.36. The number of fused-ring (bicyclic) bond motifs is 1. The number of benzene rings is 1. The van der Waals surface area contributed by atoms with E-state index in [9.17, 15) is 9.59 Å². The minimum atomic E-state index is -0.237. The zero-order valence-electron chi connectivity index (χ0n) is 15.2. The number of carbonyl (C=O) groups excluding carboxylic acids is 1. The zero-order valence-corrected chi connectivity index (χ0v) is 15.2. The molecule has 5 nitrogen and oxygen atoms in total. The maximum Gasteiger partial charge on any atom is 0.254 e. The molecule has 0 saturated carbocycles. The number of para-hydroxylation sites is 1. The van der Waals surface area contributed by atoms with E-state index in [0.717, 1.165) is 49.7 Å². The second-order valence-corrected chi connectivity index (χ2v) is 7.10. The molecule has 5 heteroatoms. The summed E-state index contributed by atoms with van der Waals surface area (Å²) >= 11 is 0. The van der Waals surface area contributed by atoms with E-state index in [1.807, 2.05) is 53.6 Å². The topological polar surface area (TPSA) is 66.1 Å². The standard InChI is InChI=1S/C22H23N3O2/c26-21-15-19(18-9-1-2-10-20(18)24-21)22(27)25-14-6-4-8-17(25)12-11-16-7-3-5-13-23-16/h1-3,5,7,9-10,13,15,17H,4,6,8,11-12,14H2,(H,24,26). The number of aromatic nitrogens is 2. The molecule has 4 rings (SSSR count). The monoisotopic (exact) mass is 361 g/mol. The molecule has 138 valence electrons. The maximum atomic E-state index is 13.3. The highest BCUT2D eigenvalue weighted by atomic mass is 16.2. The van der Waals surface area contributed by atoms with Crippen LogP contribution in [0.3, 0.4) is 0 Å². The Bertz CT molecular complexity index is 997. The summed E-state index contributed by atoms with van der Waals surface area (Å²) in [5.74, 6) is -0.0389. The molecule has 1 saturated heterocycles. The smallest absolute Gasteiger partial charge is 0.254 e. The summed E-state index contributed by atoms with van der Waals surface area (Å²) in [4.78, 5) is 34.6. The molecule has 0 aliphatic carbocycles. The molecule has 0 radical (unpaired) electrons. The van der Waals surface area contributed by atoms with Crippen LogP contribution in [0.4, 0.5) is 0 Å². The van der Waals surface area contributed by atoms with Gasteiger partial charge in [0.25, 0.3) is 5.91 Å². The number of rotatable bonds is 4. The fourth-order valence-corrected chi connectivity index (χ4v) is 3.96. The van der Waals surface area contributed by atoms with E-state index in [0.29, 0.717) is 11.1 Å². The lowest BCUT2D eigenvalue weighted by molar-refractivity contribution is 0.0603. The third-order valence-corrected chi connectivity index (χ3v) is 5.33. The molecule has 0 spiro atoms. The molecule has 27 heavy (non-hydrogen) atoms. The molecule has 1 aliphatic heterocycles. The summed E-state index contributed by atoms with van der Waals surface area (Å²) in [6.45, 7) is 0.743. The van der Waals surface area contributed by atoms with E-state index >= 15 is 0 Å². The predicted molar refractivity (Wildman–Crippen MR) is 106 cm³/mol. The number of likely N-dealkylation sites (tertiary alicyclic amines) is 1. The Kier molecular flexibility index (Phi) is 5.01. The minimum Gasteiger partial charge on any atom is -0.336 e. The molecule has 1 fully saturated rings. The van der Waals surface area contributed by atoms with E-state index in [-0.39, 0.29) is 17.5 Å². The summed E-state index contributed by atoms with van der Waals surface area (Å²) in [5, 5.41) is 0.802. The van der Waals surface area contributed by atoms with Crippen LogP contribution in [-0.4, -0.2) is 33.4 Å². The van der Waals surface area contributed by atoms with Crippen LogP contribution in [0, 0.1) is 0 Å². The number of aromatic amines is 1. The van der Waals surface area contributed by atoms with Crippen molar-refractivity contribution >= 4 is 16.8 Å². The van der Waals surface area contributed by atoms with Crippen LogP contribution in [0.1, 0.15) is 41.7 Å². The van der Waals surface area contributed by atoms with Crippen molar-refractivity contribution in [2.75, 3.05) is 6.54 Å². The Morgan fingerprint density at radius 1 is 1.15 bits per heavy atom. The maximum absolute atomic E-state index is 13.3. The number of piperidine rings is 1. The molecule has 1 N–H and O–H groups in total. The molecule has 1 atom stereocenters. The Balaban J connectivity index is 1.60. The first-order chi connectivity index (χ1) is 13.2. The quantitative estimate of drug-likeness (QED) is 0.773. The summed E-state index contributed by atoms with van der Waals surface area (Å²) in [6.07, 6.45) is 6.69. The summed E-state index contributed by atoms with van der Waals surface area (Å²) < 4.78 is 0. The second-order valence-electron chi connectivity index (χ2n) is 7.10. The summed E-state index contributed by atoms with van der Waals surface area (Å²) in [7, 11) is 0.